The van der Waals surface area contributed by atoms with Crippen LogP contribution in [-0.4, -0.2) is 46.7 Å². The summed E-state index contributed by atoms with van der Waals surface area (Å²) < 4.78 is 36.4. The zero-order valence-electron chi connectivity index (χ0n) is 14.1. The van der Waals surface area contributed by atoms with Crippen LogP contribution in [0.3, 0.4) is 0 Å². The molecule has 0 unspecified atom stereocenters. The van der Waals surface area contributed by atoms with E-state index in [0.717, 1.165) is 4.31 Å². The van der Waals surface area contributed by atoms with Crippen molar-refractivity contribution >= 4 is 38.9 Å². The number of rotatable bonds is 3. The van der Waals surface area contributed by atoms with Crippen molar-refractivity contribution in [2.75, 3.05) is 12.8 Å². The highest BCUT2D eigenvalue weighted by atomic mass is 35.5. The van der Waals surface area contributed by atoms with Gasteiger partial charge in [-0.1, -0.05) is 11.6 Å². The Morgan fingerprint density at radius 3 is 2.74 bits per heavy atom. The van der Waals surface area contributed by atoms with E-state index in [4.69, 9.17) is 26.2 Å². The molecule has 1 atom stereocenters. The summed E-state index contributed by atoms with van der Waals surface area (Å²) >= 11 is 7.58. The third-order valence-corrected chi connectivity index (χ3v) is 7.73. The summed E-state index contributed by atoms with van der Waals surface area (Å²) in [4.78, 5) is 9.39. The summed E-state index contributed by atoms with van der Waals surface area (Å²) in [5.74, 6) is 0.164. The molecule has 142 valence electrons. The molecular weight excluding hydrogens is 416 g/mol. The predicted octanol–water partition coefficient (Wildman–Crippen LogP) is 1.91. The van der Waals surface area contributed by atoms with Crippen LogP contribution in [0.25, 0.3) is 22.5 Å². The fourth-order valence-corrected chi connectivity index (χ4v) is 5.73. The fraction of sp³-hybridized carbons (Fsp3) is 0.286. The van der Waals surface area contributed by atoms with E-state index in [1.54, 1.807) is 13.0 Å². The molecule has 27 heavy (non-hydrogen) atoms. The summed E-state index contributed by atoms with van der Waals surface area (Å²) in [6.45, 7) is 1.66. The number of nitrogens with zero attached hydrogens (tertiary/aromatic N) is 5. The number of halogens is 1. The van der Waals surface area contributed by atoms with Crippen LogP contribution in [0, 0.1) is 0 Å². The maximum Gasteiger partial charge on any atom is 0.304 e. The number of nitrogens with two attached hydrogens (primary N) is 1. The van der Waals surface area contributed by atoms with Crippen molar-refractivity contribution in [2.45, 2.75) is 12.5 Å². The van der Waals surface area contributed by atoms with E-state index in [-0.39, 0.29) is 29.4 Å². The van der Waals surface area contributed by atoms with E-state index in [2.05, 4.69) is 20.2 Å². The van der Waals surface area contributed by atoms with Crippen molar-refractivity contribution in [1.29, 1.82) is 0 Å². The summed E-state index contributed by atoms with van der Waals surface area (Å²) in [5.41, 5.74) is 4.67. The Morgan fingerprint density at radius 1 is 1.33 bits per heavy atom. The molecule has 0 saturated heterocycles. The van der Waals surface area contributed by atoms with Crippen molar-refractivity contribution in [1.82, 2.24) is 19.5 Å². The standard InChI is InChI=1S/C14H13ClN6O4S2/c1-14(6-27(22,23)21(2)13(16)18-14)9-7(15)5-8(26-9)10-19-20-12(25-10)11-17-3-4-24-11/h3-5H,6H2,1-2H3,(H2,16,18)/t14-/m0/s1. The minimum atomic E-state index is -3.61. The van der Waals surface area contributed by atoms with Gasteiger partial charge in [-0.3, -0.25) is 0 Å². The van der Waals surface area contributed by atoms with Crippen molar-refractivity contribution in [3.63, 3.8) is 0 Å². The topological polar surface area (TPSA) is 141 Å². The Labute approximate surface area is 162 Å². The van der Waals surface area contributed by atoms with E-state index in [1.165, 1.54) is 30.8 Å². The van der Waals surface area contributed by atoms with Crippen LogP contribution in [-0.2, 0) is 15.6 Å². The number of hydrogen-bond acceptors (Lipinski definition) is 10. The van der Waals surface area contributed by atoms with Crippen molar-refractivity contribution in [3.8, 4) is 22.5 Å². The summed E-state index contributed by atoms with van der Waals surface area (Å²) in [6, 6.07) is 1.62. The molecule has 0 spiro atoms. The highest BCUT2D eigenvalue weighted by molar-refractivity contribution is 7.89. The van der Waals surface area contributed by atoms with Gasteiger partial charge in [-0.2, -0.15) is 0 Å². The lowest BCUT2D eigenvalue weighted by atomic mass is 10.0. The van der Waals surface area contributed by atoms with Gasteiger partial charge in [-0.05, 0) is 13.0 Å². The highest BCUT2D eigenvalue weighted by Gasteiger charge is 2.42. The van der Waals surface area contributed by atoms with Gasteiger partial charge >= 0.3 is 5.89 Å². The fourth-order valence-electron chi connectivity index (χ4n) is 2.65. The molecule has 0 aromatic carbocycles. The number of aromatic nitrogens is 3. The first-order valence-corrected chi connectivity index (χ1v) is 10.4. The van der Waals surface area contributed by atoms with E-state index in [9.17, 15) is 8.42 Å². The van der Waals surface area contributed by atoms with Gasteiger partial charge in [0.15, 0.2) is 0 Å². The number of thiophene rings is 1. The van der Waals surface area contributed by atoms with E-state index in [1.807, 2.05) is 0 Å². The van der Waals surface area contributed by atoms with Crippen molar-refractivity contribution in [2.24, 2.45) is 10.7 Å². The van der Waals surface area contributed by atoms with Crippen LogP contribution in [0.5, 0.6) is 0 Å². The first kappa shape index (κ1) is 17.9. The average Bonchev–Trinajstić information content (AvgIpc) is 3.31. The highest BCUT2D eigenvalue weighted by Crippen LogP contribution is 2.44. The lowest BCUT2D eigenvalue weighted by Gasteiger charge is -2.33. The minimum absolute atomic E-state index is 0.0984. The Kier molecular flexibility index (Phi) is 4.01. The molecule has 0 bridgehead atoms. The van der Waals surface area contributed by atoms with Crippen LogP contribution >= 0.6 is 22.9 Å². The number of sulfonamides is 1. The molecule has 4 heterocycles. The maximum atomic E-state index is 12.4. The van der Waals surface area contributed by atoms with Gasteiger partial charge in [0, 0.05) is 7.05 Å². The molecule has 1 aliphatic heterocycles. The van der Waals surface area contributed by atoms with Gasteiger partial charge in [-0.25, -0.2) is 22.7 Å². The molecular formula is C14H13ClN6O4S2. The third kappa shape index (κ3) is 2.99. The molecule has 0 saturated carbocycles. The number of oxazole rings is 1. The molecule has 10 nitrogen and oxygen atoms in total. The van der Waals surface area contributed by atoms with Gasteiger partial charge < -0.3 is 14.6 Å². The second kappa shape index (κ2) is 6.04. The number of guanidine groups is 1. The smallest absolute Gasteiger partial charge is 0.304 e. The second-order valence-electron chi connectivity index (χ2n) is 6.00. The Morgan fingerprint density at radius 2 is 2.07 bits per heavy atom. The second-order valence-corrected chi connectivity index (χ2v) is 9.46. The first-order valence-electron chi connectivity index (χ1n) is 7.55. The molecule has 0 aliphatic carbocycles. The molecule has 2 N–H and O–H groups in total. The van der Waals surface area contributed by atoms with Crippen LogP contribution in [0.4, 0.5) is 0 Å². The van der Waals surface area contributed by atoms with E-state index < -0.39 is 15.6 Å². The first-order chi connectivity index (χ1) is 12.7. The number of hydrogen-bond donors (Lipinski definition) is 1. The molecule has 0 fully saturated rings. The zero-order valence-corrected chi connectivity index (χ0v) is 16.5. The molecule has 3 aromatic rings. The van der Waals surface area contributed by atoms with Crippen LogP contribution < -0.4 is 5.73 Å². The summed E-state index contributed by atoms with van der Waals surface area (Å²) in [6.07, 6.45) is 2.85. The normalized spacial score (nSPS) is 22.0. The van der Waals surface area contributed by atoms with Gasteiger partial charge in [0.1, 0.15) is 11.8 Å². The Bertz CT molecular complexity index is 1140. The van der Waals surface area contributed by atoms with Crippen LogP contribution in [0.2, 0.25) is 5.02 Å². The van der Waals surface area contributed by atoms with Crippen molar-refractivity contribution in [3.05, 3.63) is 28.4 Å². The molecule has 0 amide bonds. The van der Waals surface area contributed by atoms with E-state index >= 15 is 0 Å². The zero-order chi connectivity index (χ0) is 19.4. The van der Waals surface area contributed by atoms with E-state index in [0.29, 0.717) is 14.8 Å². The van der Waals surface area contributed by atoms with Crippen LogP contribution in [0.15, 0.2) is 32.4 Å². The molecule has 4 rings (SSSR count). The lowest BCUT2D eigenvalue weighted by Crippen LogP contribution is -2.50. The van der Waals surface area contributed by atoms with Gasteiger partial charge in [-0.15, -0.1) is 21.5 Å². The number of aliphatic imine (C=N–C) groups is 1. The minimum Gasteiger partial charge on any atom is -0.441 e. The molecule has 3 aromatic heterocycles. The predicted molar refractivity (Wildman–Crippen MR) is 98.6 cm³/mol. The average molecular weight is 429 g/mol. The maximum absolute atomic E-state index is 12.4. The molecule has 13 heteroatoms. The monoisotopic (exact) mass is 428 g/mol. The van der Waals surface area contributed by atoms with Gasteiger partial charge in [0.2, 0.25) is 16.0 Å². The molecule has 1 aliphatic rings. The van der Waals surface area contributed by atoms with Crippen LogP contribution in [0.1, 0.15) is 11.8 Å². The quantitative estimate of drug-likeness (QED) is 0.666. The summed E-state index contributed by atoms with van der Waals surface area (Å²) in [7, 11) is -2.25. The van der Waals surface area contributed by atoms with Crippen molar-refractivity contribution < 1.29 is 17.3 Å². The van der Waals surface area contributed by atoms with Gasteiger partial charge in [0.05, 0.1) is 26.7 Å². The molecule has 0 radical (unpaired) electrons. The Hall–Kier alpha value is -2.44. The largest absolute Gasteiger partial charge is 0.441 e. The van der Waals surface area contributed by atoms with Gasteiger partial charge in [0.25, 0.3) is 11.8 Å². The SMILES string of the molecule is CN1C(N)=N[C@](C)(c2sc(-c3nnc(-c4ncco4)o3)cc2Cl)CS1(=O)=O. The third-order valence-electron chi connectivity index (χ3n) is 3.99. The lowest BCUT2D eigenvalue weighted by molar-refractivity contribution is 0.482. The summed E-state index contributed by atoms with van der Waals surface area (Å²) in [5, 5.41) is 8.20. The Balaban J connectivity index is 1.74.